The van der Waals surface area contributed by atoms with E-state index in [-0.39, 0.29) is 0 Å². The molecule has 0 radical (unpaired) electrons. The molecule has 0 bridgehead atoms. The van der Waals surface area contributed by atoms with E-state index in [1.807, 2.05) is 18.2 Å². The Morgan fingerprint density at radius 3 is 2.68 bits per heavy atom. The van der Waals surface area contributed by atoms with Gasteiger partial charge in [0.25, 0.3) is 0 Å². The van der Waals surface area contributed by atoms with Crippen LogP contribution in [-0.4, -0.2) is 46.6 Å². The third-order valence-electron chi connectivity index (χ3n) is 5.08. The van der Waals surface area contributed by atoms with Gasteiger partial charge in [-0.05, 0) is 51.4 Å². The molecule has 1 fully saturated rings. The molecule has 0 saturated carbocycles. The third kappa shape index (κ3) is 4.48. The molecule has 1 saturated heterocycles. The first-order valence-corrected chi connectivity index (χ1v) is 9.26. The molecule has 0 spiro atoms. The summed E-state index contributed by atoms with van der Waals surface area (Å²) in [7, 11) is 0. The highest BCUT2D eigenvalue weighted by Gasteiger charge is 2.16. The fourth-order valence-electron chi connectivity index (χ4n) is 3.57. The van der Waals surface area contributed by atoms with E-state index in [1.54, 1.807) is 12.1 Å². The van der Waals surface area contributed by atoms with Crippen LogP contribution in [0.25, 0.3) is 10.9 Å². The van der Waals surface area contributed by atoms with Crippen molar-refractivity contribution < 1.29 is 9.90 Å². The maximum Gasteiger partial charge on any atom is 0.336 e. The number of carboxylic acid groups (broad SMARTS) is 1. The van der Waals surface area contributed by atoms with Crippen molar-refractivity contribution in [3.05, 3.63) is 35.9 Å². The third-order valence-corrected chi connectivity index (χ3v) is 5.08. The lowest BCUT2D eigenvalue weighted by molar-refractivity contribution is 0.0699. The van der Waals surface area contributed by atoms with Crippen molar-refractivity contribution in [1.82, 2.24) is 9.88 Å². The number of benzene rings is 1. The van der Waals surface area contributed by atoms with Crippen LogP contribution >= 0.6 is 0 Å². The molecule has 0 aliphatic carbocycles. The maximum absolute atomic E-state index is 11.5. The van der Waals surface area contributed by atoms with E-state index in [4.69, 9.17) is 0 Å². The van der Waals surface area contributed by atoms with Crippen LogP contribution in [0.2, 0.25) is 0 Å². The van der Waals surface area contributed by atoms with Crippen molar-refractivity contribution in [2.45, 2.75) is 45.1 Å². The topological polar surface area (TPSA) is 65.5 Å². The van der Waals surface area contributed by atoms with E-state index in [2.05, 4.69) is 22.1 Å². The molecule has 25 heavy (non-hydrogen) atoms. The van der Waals surface area contributed by atoms with Crippen LogP contribution in [-0.2, 0) is 0 Å². The van der Waals surface area contributed by atoms with E-state index in [1.165, 1.54) is 38.8 Å². The normalized spacial score (nSPS) is 17.2. The number of fused-ring (bicyclic) bond motifs is 1. The minimum atomic E-state index is -0.917. The molecule has 1 atom stereocenters. The van der Waals surface area contributed by atoms with Gasteiger partial charge in [0.2, 0.25) is 0 Å². The Labute approximate surface area is 149 Å². The van der Waals surface area contributed by atoms with Gasteiger partial charge >= 0.3 is 5.97 Å². The fraction of sp³-hybridized carbons (Fsp3) is 0.500. The van der Waals surface area contributed by atoms with Gasteiger partial charge in [0.1, 0.15) is 5.82 Å². The van der Waals surface area contributed by atoms with Gasteiger partial charge in [-0.15, -0.1) is 0 Å². The largest absolute Gasteiger partial charge is 0.478 e. The van der Waals surface area contributed by atoms with Crippen LogP contribution in [0.15, 0.2) is 30.3 Å². The number of aromatic carboxylic acids is 1. The van der Waals surface area contributed by atoms with Crippen molar-refractivity contribution in [1.29, 1.82) is 0 Å². The second kappa shape index (κ2) is 8.30. The van der Waals surface area contributed by atoms with E-state index in [0.29, 0.717) is 28.3 Å². The highest BCUT2D eigenvalue weighted by Crippen LogP contribution is 2.21. The summed E-state index contributed by atoms with van der Waals surface area (Å²) in [6.45, 7) is 5.46. The molecule has 2 N–H and O–H groups in total. The Morgan fingerprint density at radius 1 is 1.24 bits per heavy atom. The van der Waals surface area contributed by atoms with Crippen LogP contribution in [0, 0.1) is 0 Å². The number of carbonyl (C=O) groups is 1. The Balaban J connectivity index is 1.64. The first-order chi connectivity index (χ1) is 12.1. The van der Waals surface area contributed by atoms with E-state index >= 15 is 0 Å². The van der Waals surface area contributed by atoms with Crippen molar-refractivity contribution in [3.8, 4) is 0 Å². The molecule has 1 aliphatic heterocycles. The van der Waals surface area contributed by atoms with Gasteiger partial charge in [-0.25, -0.2) is 9.78 Å². The molecule has 1 aliphatic rings. The first kappa shape index (κ1) is 17.7. The van der Waals surface area contributed by atoms with Gasteiger partial charge in [-0.3, -0.25) is 0 Å². The number of nitrogens with one attached hydrogen (secondary N) is 1. The molecule has 0 amide bonds. The molecule has 2 heterocycles. The number of pyridine rings is 1. The van der Waals surface area contributed by atoms with E-state index < -0.39 is 5.97 Å². The SMILES string of the molecule is C[C@@H](CCNc1cc(C(=O)O)c2ccccc2n1)N1CCCCCC1. The van der Waals surface area contributed by atoms with E-state index in [9.17, 15) is 9.90 Å². The molecule has 5 heteroatoms. The van der Waals surface area contributed by atoms with Gasteiger partial charge in [0, 0.05) is 18.0 Å². The zero-order valence-electron chi connectivity index (χ0n) is 14.9. The lowest BCUT2D eigenvalue weighted by Crippen LogP contribution is -2.35. The van der Waals surface area contributed by atoms with Crippen molar-refractivity contribution in [2.75, 3.05) is 25.0 Å². The standard InChI is InChI=1S/C20H27N3O2/c1-15(23-12-6-2-3-7-13-23)10-11-21-19-14-17(20(24)25)16-8-4-5-9-18(16)22-19/h4-5,8-9,14-15H,2-3,6-7,10-13H2,1H3,(H,21,22)(H,24,25)/t15-/m0/s1. The molecule has 134 valence electrons. The highest BCUT2D eigenvalue weighted by atomic mass is 16.4. The average molecular weight is 341 g/mol. The van der Waals surface area contributed by atoms with Gasteiger partial charge in [-0.2, -0.15) is 0 Å². The number of hydrogen-bond acceptors (Lipinski definition) is 4. The summed E-state index contributed by atoms with van der Waals surface area (Å²) in [6, 6.07) is 9.55. The number of anilines is 1. The predicted molar refractivity (Wildman–Crippen MR) is 101 cm³/mol. The van der Waals surface area contributed by atoms with Gasteiger partial charge in [-0.1, -0.05) is 31.0 Å². The fourth-order valence-corrected chi connectivity index (χ4v) is 3.57. The Bertz CT molecular complexity index is 724. The lowest BCUT2D eigenvalue weighted by atomic mass is 10.1. The van der Waals surface area contributed by atoms with Crippen LogP contribution in [0.3, 0.4) is 0 Å². The number of likely N-dealkylation sites (tertiary alicyclic amines) is 1. The number of carboxylic acids is 1. The monoisotopic (exact) mass is 341 g/mol. The molecule has 2 aromatic rings. The van der Waals surface area contributed by atoms with E-state index in [0.717, 1.165) is 13.0 Å². The second-order valence-electron chi connectivity index (χ2n) is 6.89. The number of para-hydroxylation sites is 1. The molecule has 3 rings (SSSR count). The second-order valence-corrected chi connectivity index (χ2v) is 6.89. The molecule has 5 nitrogen and oxygen atoms in total. The number of hydrogen-bond donors (Lipinski definition) is 2. The quantitative estimate of drug-likeness (QED) is 0.831. The van der Waals surface area contributed by atoms with Gasteiger partial charge < -0.3 is 15.3 Å². The number of rotatable bonds is 6. The summed E-state index contributed by atoms with van der Waals surface area (Å²) in [4.78, 5) is 18.7. The highest BCUT2D eigenvalue weighted by molar-refractivity contribution is 6.03. The number of aromatic nitrogens is 1. The predicted octanol–water partition coefficient (Wildman–Crippen LogP) is 4.00. The summed E-state index contributed by atoms with van der Waals surface area (Å²) < 4.78 is 0. The van der Waals surface area contributed by atoms with Crippen LogP contribution in [0.4, 0.5) is 5.82 Å². The Kier molecular flexibility index (Phi) is 5.87. The first-order valence-electron chi connectivity index (χ1n) is 9.26. The summed E-state index contributed by atoms with van der Waals surface area (Å²) in [5.74, 6) is -0.279. The lowest BCUT2D eigenvalue weighted by Gasteiger charge is -2.27. The summed E-state index contributed by atoms with van der Waals surface area (Å²) in [5, 5.41) is 13.5. The summed E-state index contributed by atoms with van der Waals surface area (Å²) >= 11 is 0. The summed E-state index contributed by atoms with van der Waals surface area (Å²) in [6.07, 6.45) is 6.32. The van der Waals surface area contributed by atoms with Crippen LogP contribution < -0.4 is 5.32 Å². The number of nitrogens with zero attached hydrogens (tertiary/aromatic N) is 2. The maximum atomic E-state index is 11.5. The minimum Gasteiger partial charge on any atom is -0.478 e. The molecule has 1 aromatic carbocycles. The molecular formula is C20H27N3O2. The Morgan fingerprint density at radius 2 is 1.96 bits per heavy atom. The van der Waals surface area contributed by atoms with Crippen molar-refractivity contribution in [3.63, 3.8) is 0 Å². The van der Waals surface area contributed by atoms with Gasteiger partial charge in [0.05, 0.1) is 11.1 Å². The minimum absolute atomic E-state index is 0.300. The summed E-state index contributed by atoms with van der Waals surface area (Å²) in [5.41, 5.74) is 1.01. The van der Waals surface area contributed by atoms with Crippen molar-refractivity contribution in [2.24, 2.45) is 0 Å². The Hall–Kier alpha value is -2.14. The van der Waals surface area contributed by atoms with Crippen LogP contribution in [0.1, 0.15) is 49.4 Å². The molecule has 1 aromatic heterocycles. The zero-order chi connectivity index (χ0) is 17.6. The van der Waals surface area contributed by atoms with Gasteiger partial charge in [0.15, 0.2) is 0 Å². The zero-order valence-corrected chi connectivity index (χ0v) is 14.9. The van der Waals surface area contributed by atoms with Crippen molar-refractivity contribution >= 4 is 22.7 Å². The average Bonchev–Trinajstić information content (AvgIpc) is 2.90. The molecular weight excluding hydrogens is 314 g/mol. The van der Waals surface area contributed by atoms with Crippen LogP contribution in [0.5, 0.6) is 0 Å². The molecule has 0 unspecified atom stereocenters. The smallest absolute Gasteiger partial charge is 0.336 e.